The highest BCUT2D eigenvalue weighted by atomic mass is 16.1. The molecule has 0 aromatic carbocycles. The van der Waals surface area contributed by atoms with Gasteiger partial charge < -0.3 is 10.3 Å². The zero-order valence-corrected chi connectivity index (χ0v) is 11.7. The minimum atomic E-state index is 0.0315. The Bertz CT molecular complexity index is 494. The maximum absolute atomic E-state index is 11.4. The van der Waals surface area contributed by atoms with E-state index >= 15 is 0 Å². The second kappa shape index (κ2) is 5.49. The molecule has 1 heterocycles. The SMILES string of the molecule is CC1CCC(CNC2CCCc3[nH]c(=O)ccc32)C1. The summed E-state index contributed by atoms with van der Waals surface area (Å²) in [5.74, 6) is 1.75. The first-order valence-corrected chi connectivity index (χ1v) is 7.68. The van der Waals surface area contributed by atoms with E-state index in [-0.39, 0.29) is 5.56 Å². The van der Waals surface area contributed by atoms with Gasteiger partial charge >= 0.3 is 0 Å². The third-order valence-corrected chi connectivity index (χ3v) is 4.79. The first-order valence-electron chi connectivity index (χ1n) is 7.68. The first-order chi connectivity index (χ1) is 9.22. The Balaban J connectivity index is 1.65. The van der Waals surface area contributed by atoms with Crippen LogP contribution >= 0.6 is 0 Å². The van der Waals surface area contributed by atoms with Crippen molar-refractivity contribution in [2.24, 2.45) is 11.8 Å². The average Bonchev–Trinajstić information content (AvgIpc) is 2.81. The van der Waals surface area contributed by atoms with Crippen LogP contribution in [0.5, 0.6) is 0 Å². The monoisotopic (exact) mass is 260 g/mol. The molecule has 1 fully saturated rings. The summed E-state index contributed by atoms with van der Waals surface area (Å²) in [6.45, 7) is 3.49. The summed E-state index contributed by atoms with van der Waals surface area (Å²) < 4.78 is 0. The normalized spacial score (nSPS) is 30.3. The van der Waals surface area contributed by atoms with Crippen molar-refractivity contribution in [3.8, 4) is 0 Å². The molecule has 19 heavy (non-hydrogen) atoms. The number of H-pyrrole nitrogens is 1. The standard InChI is InChI=1S/C16H24N2O/c1-11-5-6-12(9-11)10-17-14-3-2-4-15-13(14)7-8-16(19)18-15/h7-8,11-12,14,17H,2-6,9-10H2,1H3,(H,18,19). The van der Waals surface area contributed by atoms with Crippen LogP contribution in [0, 0.1) is 11.8 Å². The third-order valence-electron chi connectivity index (χ3n) is 4.79. The van der Waals surface area contributed by atoms with Crippen molar-refractivity contribution in [3.63, 3.8) is 0 Å². The van der Waals surface area contributed by atoms with Gasteiger partial charge in [0.15, 0.2) is 0 Å². The van der Waals surface area contributed by atoms with Crippen molar-refractivity contribution in [1.82, 2.24) is 10.3 Å². The molecule has 3 rings (SSSR count). The predicted octanol–water partition coefficient (Wildman–Crippen LogP) is 2.78. The van der Waals surface area contributed by atoms with Crippen LogP contribution in [0.3, 0.4) is 0 Å². The number of aromatic amines is 1. The van der Waals surface area contributed by atoms with E-state index in [9.17, 15) is 4.79 Å². The molecule has 0 saturated heterocycles. The fourth-order valence-electron chi connectivity index (χ4n) is 3.73. The van der Waals surface area contributed by atoms with Crippen molar-refractivity contribution >= 4 is 0 Å². The summed E-state index contributed by atoms with van der Waals surface area (Å²) in [6.07, 6.45) is 7.52. The van der Waals surface area contributed by atoms with Crippen molar-refractivity contribution < 1.29 is 0 Å². The molecule has 3 heteroatoms. The Labute approximate surface area is 114 Å². The van der Waals surface area contributed by atoms with Gasteiger partial charge in [-0.2, -0.15) is 0 Å². The van der Waals surface area contributed by atoms with Crippen LogP contribution in [0.15, 0.2) is 16.9 Å². The van der Waals surface area contributed by atoms with Gasteiger partial charge in [-0.1, -0.05) is 19.4 Å². The number of aromatic nitrogens is 1. The van der Waals surface area contributed by atoms with Crippen LogP contribution in [0.2, 0.25) is 0 Å². The van der Waals surface area contributed by atoms with Gasteiger partial charge in [0.05, 0.1) is 0 Å². The molecule has 0 amide bonds. The molecule has 3 atom stereocenters. The van der Waals surface area contributed by atoms with Gasteiger partial charge in [0.25, 0.3) is 0 Å². The van der Waals surface area contributed by atoms with E-state index < -0.39 is 0 Å². The van der Waals surface area contributed by atoms with Gasteiger partial charge in [-0.3, -0.25) is 4.79 Å². The van der Waals surface area contributed by atoms with E-state index in [0.717, 1.165) is 30.5 Å². The van der Waals surface area contributed by atoms with E-state index in [4.69, 9.17) is 0 Å². The number of fused-ring (bicyclic) bond motifs is 1. The second-order valence-corrected chi connectivity index (χ2v) is 6.39. The molecule has 1 aromatic heterocycles. The van der Waals surface area contributed by atoms with E-state index in [1.165, 1.54) is 37.7 Å². The molecule has 0 bridgehead atoms. The fraction of sp³-hybridized carbons (Fsp3) is 0.688. The van der Waals surface area contributed by atoms with Gasteiger partial charge in [-0.15, -0.1) is 0 Å². The van der Waals surface area contributed by atoms with Crippen LogP contribution in [-0.2, 0) is 6.42 Å². The lowest BCUT2D eigenvalue weighted by molar-refractivity contribution is 0.395. The third kappa shape index (κ3) is 2.92. The van der Waals surface area contributed by atoms with Gasteiger partial charge in [0.1, 0.15) is 0 Å². The molecule has 0 spiro atoms. The zero-order valence-electron chi connectivity index (χ0n) is 11.7. The molecule has 0 aliphatic heterocycles. The topological polar surface area (TPSA) is 44.9 Å². The highest BCUT2D eigenvalue weighted by Gasteiger charge is 2.24. The summed E-state index contributed by atoms with van der Waals surface area (Å²) in [5.41, 5.74) is 2.50. The average molecular weight is 260 g/mol. The second-order valence-electron chi connectivity index (χ2n) is 6.39. The molecule has 3 nitrogen and oxygen atoms in total. The van der Waals surface area contributed by atoms with Crippen LogP contribution in [0.25, 0.3) is 0 Å². The zero-order chi connectivity index (χ0) is 13.2. The summed E-state index contributed by atoms with van der Waals surface area (Å²) >= 11 is 0. The first kappa shape index (κ1) is 12.9. The highest BCUT2D eigenvalue weighted by Crippen LogP contribution is 2.32. The lowest BCUT2D eigenvalue weighted by atomic mass is 9.91. The van der Waals surface area contributed by atoms with E-state index in [1.807, 2.05) is 6.07 Å². The molecule has 0 radical (unpaired) electrons. The van der Waals surface area contributed by atoms with Crippen molar-refractivity contribution in [2.75, 3.05) is 6.54 Å². The number of pyridine rings is 1. The maximum atomic E-state index is 11.4. The Hall–Kier alpha value is -1.09. The largest absolute Gasteiger partial charge is 0.326 e. The summed E-state index contributed by atoms with van der Waals surface area (Å²) in [5, 5.41) is 3.74. The van der Waals surface area contributed by atoms with Gasteiger partial charge in [0, 0.05) is 17.8 Å². The Morgan fingerprint density at radius 3 is 3.00 bits per heavy atom. The van der Waals surface area contributed by atoms with Crippen LogP contribution in [0.4, 0.5) is 0 Å². The maximum Gasteiger partial charge on any atom is 0.248 e. The molecule has 2 N–H and O–H groups in total. The number of aryl methyl sites for hydroxylation is 1. The minimum Gasteiger partial charge on any atom is -0.326 e. The number of nitrogens with one attached hydrogen (secondary N) is 2. The number of rotatable bonds is 3. The lowest BCUT2D eigenvalue weighted by Crippen LogP contribution is -2.30. The fourth-order valence-corrected chi connectivity index (χ4v) is 3.73. The molecule has 1 saturated carbocycles. The Kier molecular flexibility index (Phi) is 3.74. The Morgan fingerprint density at radius 2 is 2.21 bits per heavy atom. The predicted molar refractivity (Wildman–Crippen MR) is 77.2 cm³/mol. The number of hydrogen-bond donors (Lipinski definition) is 2. The molecule has 104 valence electrons. The van der Waals surface area contributed by atoms with Crippen molar-refractivity contribution in [3.05, 3.63) is 33.7 Å². The smallest absolute Gasteiger partial charge is 0.248 e. The van der Waals surface area contributed by atoms with E-state index in [1.54, 1.807) is 6.07 Å². The van der Waals surface area contributed by atoms with Gasteiger partial charge in [0.2, 0.25) is 5.56 Å². The summed E-state index contributed by atoms with van der Waals surface area (Å²) in [6, 6.07) is 4.12. The van der Waals surface area contributed by atoms with Crippen molar-refractivity contribution in [1.29, 1.82) is 0 Å². The lowest BCUT2D eigenvalue weighted by Gasteiger charge is -2.27. The molecule has 2 aliphatic carbocycles. The number of hydrogen-bond acceptors (Lipinski definition) is 2. The van der Waals surface area contributed by atoms with E-state index in [0.29, 0.717) is 6.04 Å². The molecule has 3 unspecified atom stereocenters. The molecular formula is C16H24N2O. The van der Waals surface area contributed by atoms with E-state index in [2.05, 4.69) is 17.2 Å². The molecule has 1 aromatic rings. The highest BCUT2D eigenvalue weighted by molar-refractivity contribution is 5.26. The molecular weight excluding hydrogens is 236 g/mol. The van der Waals surface area contributed by atoms with Crippen molar-refractivity contribution in [2.45, 2.75) is 51.5 Å². The van der Waals surface area contributed by atoms with Gasteiger partial charge in [-0.25, -0.2) is 0 Å². The van der Waals surface area contributed by atoms with Crippen LogP contribution in [0.1, 0.15) is 56.3 Å². The summed E-state index contributed by atoms with van der Waals surface area (Å²) in [4.78, 5) is 14.4. The quantitative estimate of drug-likeness (QED) is 0.877. The Morgan fingerprint density at radius 1 is 1.32 bits per heavy atom. The van der Waals surface area contributed by atoms with Crippen LogP contribution in [-0.4, -0.2) is 11.5 Å². The van der Waals surface area contributed by atoms with Gasteiger partial charge in [-0.05, 0) is 56.0 Å². The molecule has 2 aliphatic rings. The van der Waals surface area contributed by atoms with Crippen LogP contribution < -0.4 is 10.9 Å². The summed E-state index contributed by atoms with van der Waals surface area (Å²) in [7, 11) is 0. The minimum absolute atomic E-state index is 0.0315.